The topological polar surface area (TPSA) is 84.5 Å². The van der Waals surface area contributed by atoms with Crippen LogP contribution in [0.4, 0.5) is 4.39 Å². The fraction of sp³-hybridized carbons (Fsp3) is 0.462. The Labute approximate surface area is 123 Å². The highest BCUT2D eigenvalue weighted by molar-refractivity contribution is 7.89. The summed E-state index contributed by atoms with van der Waals surface area (Å²) >= 11 is 0. The summed E-state index contributed by atoms with van der Waals surface area (Å²) in [4.78, 5) is 11.2. The number of nitrogens with one attached hydrogen (secondary N) is 2. The van der Waals surface area contributed by atoms with Crippen molar-refractivity contribution < 1.29 is 22.3 Å². The van der Waals surface area contributed by atoms with Crippen LogP contribution in [0, 0.1) is 12.7 Å². The van der Waals surface area contributed by atoms with Crippen molar-refractivity contribution in [2.75, 3.05) is 20.7 Å². The minimum Gasteiger partial charge on any atom is -0.465 e. The van der Waals surface area contributed by atoms with Gasteiger partial charge >= 0.3 is 5.97 Å². The number of sulfonamides is 1. The maximum absolute atomic E-state index is 13.8. The number of carbonyl (C=O) groups excluding carboxylic acids is 1. The van der Waals surface area contributed by atoms with Gasteiger partial charge in [0.1, 0.15) is 5.82 Å². The highest BCUT2D eigenvalue weighted by Crippen LogP contribution is 2.21. The summed E-state index contributed by atoms with van der Waals surface area (Å²) in [6, 6.07) is 1.97. The zero-order valence-electron chi connectivity index (χ0n) is 12.4. The predicted octanol–water partition coefficient (Wildman–Crippen LogP) is 0.807. The number of methoxy groups -OCH3 is 1. The molecule has 0 saturated carbocycles. The van der Waals surface area contributed by atoms with E-state index in [1.165, 1.54) is 6.92 Å². The molecule has 1 unspecified atom stereocenters. The lowest BCUT2D eigenvalue weighted by molar-refractivity contribution is 0.0600. The maximum Gasteiger partial charge on any atom is 0.337 e. The number of hydrogen-bond acceptors (Lipinski definition) is 5. The molecule has 0 heterocycles. The van der Waals surface area contributed by atoms with Gasteiger partial charge in [-0.05, 0) is 33.0 Å². The molecule has 2 N–H and O–H groups in total. The molecule has 0 radical (unpaired) electrons. The van der Waals surface area contributed by atoms with Crippen molar-refractivity contribution in [1.29, 1.82) is 0 Å². The fourth-order valence-corrected chi connectivity index (χ4v) is 2.99. The molecule has 1 rings (SSSR count). The van der Waals surface area contributed by atoms with Gasteiger partial charge in [-0.25, -0.2) is 22.3 Å². The molecule has 0 saturated heterocycles. The van der Waals surface area contributed by atoms with Crippen molar-refractivity contribution in [1.82, 2.24) is 10.0 Å². The Hall–Kier alpha value is -1.51. The normalized spacial score (nSPS) is 13.0. The molecule has 118 valence electrons. The number of likely N-dealkylation sites (N-methyl/N-ethyl adjacent to an activating group) is 1. The minimum absolute atomic E-state index is 0.0488. The molecule has 0 aliphatic carbocycles. The van der Waals surface area contributed by atoms with Crippen LogP contribution >= 0.6 is 0 Å². The van der Waals surface area contributed by atoms with Gasteiger partial charge in [-0.15, -0.1) is 0 Å². The van der Waals surface area contributed by atoms with E-state index in [1.54, 1.807) is 14.0 Å². The Balaban J connectivity index is 3.22. The van der Waals surface area contributed by atoms with Crippen molar-refractivity contribution in [3.05, 3.63) is 29.1 Å². The Morgan fingerprint density at radius 2 is 2.05 bits per heavy atom. The van der Waals surface area contributed by atoms with Crippen LogP contribution in [-0.4, -0.2) is 41.1 Å². The van der Waals surface area contributed by atoms with Crippen LogP contribution in [0.1, 0.15) is 22.8 Å². The first-order chi connectivity index (χ1) is 9.72. The van der Waals surface area contributed by atoms with Crippen LogP contribution in [0.5, 0.6) is 0 Å². The van der Waals surface area contributed by atoms with Gasteiger partial charge in [-0.3, -0.25) is 0 Å². The van der Waals surface area contributed by atoms with Crippen LogP contribution in [0.15, 0.2) is 17.0 Å². The SMILES string of the molecule is CNC(C)CNS(=O)(=O)c1cc(C(=O)OC)cc(F)c1C. The summed E-state index contributed by atoms with van der Waals surface area (Å²) in [5.41, 5.74) is -0.199. The summed E-state index contributed by atoms with van der Waals surface area (Å²) in [7, 11) is -1.08. The average Bonchev–Trinajstić information content (AvgIpc) is 2.46. The number of esters is 1. The van der Waals surface area contributed by atoms with Gasteiger partial charge in [-0.1, -0.05) is 0 Å². The number of carbonyl (C=O) groups is 1. The zero-order valence-corrected chi connectivity index (χ0v) is 13.2. The Morgan fingerprint density at radius 1 is 1.43 bits per heavy atom. The van der Waals surface area contributed by atoms with Crippen molar-refractivity contribution >= 4 is 16.0 Å². The van der Waals surface area contributed by atoms with Crippen molar-refractivity contribution in [3.8, 4) is 0 Å². The molecule has 0 bridgehead atoms. The molecule has 1 aromatic carbocycles. The van der Waals surface area contributed by atoms with Gasteiger partial charge < -0.3 is 10.1 Å². The van der Waals surface area contributed by atoms with Gasteiger partial charge in [0.15, 0.2) is 0 Å². The number of benzene rings is 1. The lowest BCUT2D eigenvalue weighted by atomic mass is 10.1. The van der Waals surface area contributed by atoms with Gasteiger partial charge in [0, 0.05) is 18.2 Å². The molecule has 1 aromatic rings. The van der Waals surface area contributed by atoms with Crippen LogP contribution < -0.4 is 10.0 Å². The van der Waals surface area contributed by atoms with Crippen molar-refractivity contribution in [3.63, 3.8) is 0 Å². The van der Waals surface area contributed by atoms with Gasteiger partial charge in [0.25, 0.3) is 0 Å². The van der Waals surface area contributed by atoms with E-state index in [0.717, 1.165) is 19.2 Å². The first-order valence-corrected chi connectivity index (χ1v) is 7.76. The van der Waals surface area contributed by atoms with E-state index in [0.29, 0.717) is 0 Å². The van der Waals surface area contributed by atoms with Crippen molar-refractivity contribution in [2.45, 2.75) is 24.8 Å². The molecule has 0 aromatic heterocycles. The molecule has 0 fully saturated rings. The summed E-state index contributed by atoms with van der Waals surface area (Å²) in [5.74, 6) is -1.58. The lowest BCUT2D eigenvalue weighted by Gasteiger charge is -2.14. The lowest BCUT2D eigenvalue weighted by Crippen LogP contribution is -2.37. The minimum atomic E-state index is -3.92. The van der Waals surface area contributed by atoms with Crippen molar-refractivity contribution in [2.24, 2.45) is 0 Å². The summed E-state index contributed by atoms with van der Waals surface area (Å²) < 4.78 is 45.1. The highest BCUT2D eigenvalue weighted by atomic mass is 32.2. The zero-order chi connectivity index (χ0) is 16.2. The molecule has 0 spiro atoms. The van der Waals surface area contributed by atoms with Crippen LogP contribution in [-0.2, 0) is 14.8 Å². The first-order valence-electron chi connectivity index (χ1n) is 6.28. The van der Waals surface area contributed by atoms with E-state index in [1.807, 2.05) is 0 Å². The average molecular weight is 318 g/mol. The molecule has 0 amide bonds. The van der Waals surface area contributed by atoms with E-state index < -0.39 is 21.8 Å². The largest absolute Gasteiger partial charge is 0.465 e. The molecule has 0 aliphatic rings. The summed E-state index contributed by atoms with van der Waals surface area (Å²) in [6.45, 7) is 3.27. The third-order valence-electron chi connectivity index (χ3n) is 3.08. The Bertz CT molecular complexity index is 631. The Morgan fingerprint density at radius 3 is 2.57 bits per heavy atom. The third kappa shape index (κ3) is 4.23. The van der Waals surface area contributed by atoms with E-state index in [-0.39, 0.29) is 28.6 Å². The molecule has 8 heteroatoms. The monoisotopic (exact) mass is 318 g/mol. The highest BCUT2D eigenvalue weighted by Gasteiger charge is 2.22. The van der Waals surface area contributed by atoms with Crippen LogP contribution in [0.2, 0.25) is 0 Å². The van der Waals surface area contributed by atoms with E-state index in [4.69, 9.17) is 0 Å². The van der Waals surface area contributed by atoms with E-state index >= 15 is 0 Å². The number of halogens is 1. The second kappa shape index (κ2) is 6.97. The number of rotatable bonds is 6. The fourth-order valence-electron chi connectivity index (χ4n) is 1.58. The van der Waals surface area contributed by atoms with E-state index in [9.17, 15) is 17.6 Å². The van der Waals surface area contributed by atoms with E-state index in [2.05, 4.69) is 14.8 Å². The smallest absolute Gasteiger partial charge is 0.337 e. The molecule has 21 heavy (non-hydrogen) atoms. The molecular weight excluding hydrogens is 299 g/mol. The molecule has 1 atom stereocenters. The van der Waals surface area contributed by atoms with Gasteiger partial charge in [-0.2, -0.15) is 0 Å². The number of hydrogen-bond donors (Lipinski definition) is 2. The number of ether oxygens (including phenoxy) is 1. The summed E-state index contributed by atoms with van der Waals surface area (Å²) in [6.07, 6.45) is 0. The molecule has 0 aliphatic heterocycles. The van der Waals surface area contributed by atoms with Gasteiger partial charge in [0.2, 0.25) is 10.0 Å². The van der Waals surface area contributed by atoms with Crippen LogP contribution in [0.3, 0.4) is 0 Å². The first kappa shape index (κ1) is 17.5. The standard InChI is InChI=1S/C13H19FN2O4S/c1-8(15-3)7-16-21(18,19)12-6-10(13(17)20-4)5-11(14)9(12)2/h5-6,8,15-16H,7H2,1-4H3. The second-order valence-corrected chi connectivity index (χ2v) is 6.35. The quantitative estimate of drug-likeness (QED) is 0.758. The predicted molar refractivity (Wildman–Crippen MR) is 76.2 cm³/mol. The Kier molecular flexibility index (Phi) is 5.82. The van der Waals surface area contributed by atoms with Gasteiger partial charge in [0.05, 0.1) is 17.6 Å². The maximum atomic E-state index is 13.8. The van der Waals surface area contributed by atoms with Crippen LogP contribution in [0.25, 0.3) is 0 Å². The molecule has 6 nitrogen and oxygen atoms in total. The summed E-state index contributed by atoms with van der Waals surface area (Å²) in [5, 5.41) is 2.88. The molecular formula is C13H19FN2O4S. The second-order valence-electron chi connectivity index (χ2n) is 4.61. The third-order valence-corrected chi connectivity index (χ3v) is 4.63.